The molecule has 0 unspecified atom stereocenters. The van der Waals surface area contributed by atoms with E-state index in [4.69, 9.17) is 4.18 Å². The van der Waals surface area contributed by atoms with Crippen LogP contribution >= 0.6 is 0 Å². The van der Waals surface area contributed by atoms with Crippen LogP contribution in [0.15, 0.2) is 12.2 Å². The van der Waals surface area contributed by atoms with Gasteiger partial charge in [-0.25, -0.2) is 0 Å². The van der Waals surface area contributed by atoms with Crippen molar-refractivity contribution in [2.45, 2.75) is 18.9 Å². The van der Waals surface area contributed by atoms with E-state index in [9.17, 15) is 13.2 Å². The molecule has 3 aliphatic rings. The van der Waals surface area contributed by atoms with Gasteiger partial charge < -0.3 is 0 Å². The Bertz CT molecular complexity index is 464. The van der Waals surface area contributed by atoms with Gasteiger partial charge in [-0.05, 0) is 24.2 Å². The molecular formula is C11H14O4S. The molecule has 0 aliphatic heterocycles. The van der Waals surface area contributed by atoms with E-state index in [-0.39, 0.29) is 11.7 Å². The fourth-order valence-electron chi connectivity index (χ4n) is 3.61. The van der Waals surface area contributed by atoms with Crippen LogP contribution in [0.1, 0.15) is 12.8 Å². The number of carbonyl (C=O) groups excluding carboxylic acids is 1. The van der Waals surface area contributed by atoms with E-state index in [1.165, 1.54) is 0 Å². The molecule has 0 saturated heterocycles. The van der Waals surface area contributed by atoms with Gasteiger partial charge in [0.15, 0.2) is 0 Å². The fourth-order valence-corrected chi connectivity index (χ4v) is 4.26. The third-order valence-corrected chi connectivity index (χ3v) is 4.62. The molecule has 3 aliphatic carbocycles. The highest BCUT2D eigenvalue weighted by molar-refractivity contribution is 7.86. The summed E-state index contributed by atoms with van der Waals surface area (Å²) < 4.78 is 27.3. The number of allylic oxidation sites excluding steroid dienone is 2. The van der Waals surface area contributed by atoms with Gasteiger partial charge in [0, 0.05) is 12.3 Å². The number of hydrogen-bond donors (Lipinski definition) is 0. The molecule has 0 aromatic rings. The van der Waals surface area contributed by atoms with Gasteiger partial charge in [-0.1, -0.05) is 12.2 Å². The lowest BCUT2D eigenvalue weighted by Gasteiger charge is -2.16. The highest BCUT2D eigenvalue weighted by Crippen LogP contribution is 2.54. The first-order valence-corrected chi connectivity index (χ1v) is 7.36. The van der Waals surface area contributed by atoms with Crippen LogP contribution in [0, 0.1) is 23.7 Å². The Kier molecular flexibility index (Phi) is 2.07. The largest absolute Gasteiger partial charge is 0.299 e. The summed E-state index contributed by atoms with van der Waals surface area (Å²) in [6, 6.07) is 0. The van der Waals surface area contributed by atoms with Crippen LogP contribution in [0.3, 0.4) is 0 Å². The number of carbonyl (C=O) groups is 1. The second-order valence-corrected chi connectivity index (χ2v) is 6.66. The molecule has 2 saturated carbocycles. The highest BCUT2D eigenvalue weighted by Gasteiger charge is 2.56. The first kappa shape index (κ1) is 10.5. The molecule has 5 heteroatoms. The van der Waals surface area contributed by atoms with Crippen LogP contribution in [0.25, 0.3) is 0 Å². The van der Waals surface area contributed by atoms with Crippen LogP contribution in [0.2, 0.25) is 0 Å². The van der Waals surface area contributed by atoms with Crippen LogP contribution in [-0.4, -0.2) is 26.6 Å². The molecule has 2 fully saturated rings. The van der Waals surface area contributed by atoms with Gasteiger partial charge in [-0.2, -0.15) is 8.42 Å². The van der Waals surface area contributed by atoms with Gasteiger partial charge in [0.05, 0.1) is 12.4 Å². The van der Waals surface area contributed by atoms with Gasteiger partial charge in [-0.15, -0.1) is 0 Å². The lowest BCUT2D eigenvalue weighted by molar-refractivity contribution is -0.122. The summed E-state index contributed by atoms with van der Waals surface area (Å²) in [7, 11) is -3.46. The Morgan fingerprint density at radius 1 is 1.31 bits per heavy atom. The summed E-state index contributed by atoms with van der Waals surface area (Å²) in [5.74, 6) is 0.957. The van der Waals surface area contributed by atoms with E-state index in [2.05, 4.69) is 12.2 Å². The number of ketones is 1. The molecular weight excluding hydrogens is 228 g/mol. The fraction of sp³-hybridized carbons (Fsp3) is 0.727. The summed E-state index contributed by atoms with van der Waals surface area (Å²) in [4.78, 5) is 11.8. The molecule has 88 valence electrons. The van der Waals surface area contributed by atoms with Crippen LogP contribution in [-0.2, 0) is 19.1 Å². The first-order chi connectivity index (χ1) is 7.46. The third kappa shape index (κ3) is 1.45. The molecule has 0 amide bonds. The standard InChI is InChI=1S/C11H14O4S/c1-16(13,14)15-9-5-7-3-2-6-4-8(12)11(9)10(6)7/h2-3,6-7,9-11H,4-5H2,1H3/t6-,7-,9+,10-,11+/m0/s1. The summed E-state index contributed by atoms with van der Waals surface area (Å²) in [5.41, 5.74) is 0. The van der Waals surface area contributed by atoms with Gasteiger partial charge in [0.1, 0.15) is 5.78 Å². The van der Waals surface area contributed by atoms with E-state index < -0.39 is 16.2 Å². The van der Waals surface area contributed by atoms with Crippen molar-refractivity contribution < 1.29 is 17.4 Å². The van der Waals surface area contributed by atoms with E-state index in [1.807, 2.05) is 0 Å². The Morgan fingerprint density at radius 3 is 2.69 bits per heavy atom. The molecule has 0 aromatic carbocycles. The van der Waals surface area contributed by atoms with Crippen molar-refractivity contribution in [3.05, 3.63) is 12.2 Å². The predicted molar refractivity (Wildman–Crippen MR) is 57.1 cm³/mol. The van der Waals surface area contributed by atoms with E-state index in [0.29, 0.717) is 30.6 Å². The molecule has 0 heterocycles. The SMILES string of the molecule is CS(=O)(=O)O[C@@H]1C[C@@H]2C=C[C@H]3CC(=O)[C@H]1[C@@H]32. The quantitative estimate of drug-likeness (QED) is 0.529. The lowest BCUT2D eigenvalue weighted by Crippen LogP contribution is -2.27. The first-order valence-electron chi connectivity index (χ1n) is 5.55. The molecule has 4 nitrogen and oxygen atoms in total. The van der Waals surface area contributed by atoms with Crippen molar-refractivity contribution in [1.29, 1.82) is 0 Å². The topological polar surface area (TPSA) is 60.4 Å². The minimum atomic E-state index is -3.46. The maximum atomic E-state index is 11.8. The Balaban J connectivity index is 1.89. The second-order valence-electron chi connectivity index (χ2n) is 5.06. The molecule has 5 atom stereocenters. The third-order valence-electron chi connectivity index (χ3n) is 4.02. The van der Waals surface area contributed by atoms with E-state index >= 15 is 0 Å². The van der Waals surface area contributed by atoms with Crippen molar-refractivity contribution >= 4 is 15.9 Å². The molecule has 16 heavy (non-hydrogen) atoms. The normalized spacial score (nSPS) is 45.3. The van der Waals surface area contributed by atoms with Gasteiger partial charge in [-0.3, -0.25) is 8.98 Å². The summed E-state index contributed by atoms with van der Waals surface area (Å²) >= 11 is 0. The summed E-state index contributed by atoms with van der Waals surface area (Å²) in [6.07, 6.45) is 6.10. The number of rotatable bonds is 2. The zero-order chi connectivity index (χ0) is 11.5. The van der Waals surface area contributed by atoms with Gasteiger partial charge in [0.2, 0.25) is 0 Å². The molecule has 0 N–H and O–H groups in total. The second kappa shape index (κ2) is 3.17. The minimum absolute atomic E-state index is 0.176. The van der Waals surface area contributed by atoms with Crippen LogP contribution < -0.4 is 0 Å². The minimum Gasteiger partial charge on any atom is -0.299 e. The van der Waals surface area contributed by atoms with Crippen LogP contribution in [0.4, 0.5) is 0 Å². The number of Topliss-reactive ketones (excluding diaryl/α,β-unsaturated/α-hetero) is 1. The highest BCUT2D eigenvalue weighted by atomic mass is 32.2. The summed E-state index contributed by atoms with van der Waals surface area (Å²) in [5, 5.41) is 0. The average molecular weight is 242 g/mol. The van der Waals surface area contributed by atoms with Crippen molar-refractivity contribution in [3.8, 4) is 0 Å². The zero-order valence-corrected chi connectivity index (χ0v) is 9.81. The zero-order valence-electron chi connectivity index (χ0n) is 9.00. The van der Waals surface area contributed by atoms with Crippen molar-refractivity contribution in [2.24, 2.45) is 23.7 Å². The molecule has 0 aromatic heterocycles. The van der Waals surface area contributed by atoms with E-state index in [0.717, 1.165) is 6.26 Å². The Labute approximate surface area is 94.8 Å². The number of hydrogen-bond acceptors (Lipinski definition) is 4. The van der Waals surface area contributed by atoms with Crippen molar-refractivity contribution in [2.75, 3.05) is 6.26 Å². The van der Waals surface area contributed by atoms with Gasteiger partial charge >= 0.3 is 0 Å². The van der Waals surface area contributed by atoms with Crippen molar-refractivity contribution in [3.63, 3.8) is 0 Å². The molecule has 0 radical (unpaired) electrons. The molecule has 0 bridgehead atoms. The average Bonchev–Trinajstić information content (AvgIpc) is 2.70. The maximum absolute atomic E-state index is 11.8. The predicted octanol–water partition coefficient (Wildman–Crippen LogP) is 0.742. The summed E-state index contributed by atoms with van der Waals surface area (Å²) in [6.45, 7) is 0. The van der Waals surface area contributed by atoms with Crippen molar-refractivity contribution in [1.82, 2.24) is 0 Å². The molecule has 0 spiro atoms. The maximum Gasteiger partial charge on any atom is 0.264 e. The Morgan fingerprint density at radius 2 is 2.00 bits per heavy atom. The van der Waals surface area contributed by atoms with E-state index in [1.54, 1.807) is 0 Å². The van der Waals surface area contributed by atoms with Gasteiger partial charge in [0.25, 0.3) is 10.1 Å². The monoisotopic (exact) mass is 242 g/mol. The lowest BCUT2D eigenvalue weighted by atomic mass is 9.91. The molecule has 3 rings (SSSR count). The smallest absolute Gasteiger partial charge is 0.264 e. The van der Waals surface area contributed by atoms with Crippen LogP contribution in [0.5, 0.6) is 0 Å². The Hall–Kier alpha value is -0.680.